The summed E-state index contributed by atoms with van der Waals surface area (Å²) in [6.07, 6.45) is 20.0. The summed E-state index contributed by atoms with van der Waals surface area (Å²) >= 11 is 0. The first-order chi connectivity index (χ1) is 23.9. The summed E-state index contributed by atoms with van der Waals surface area (Å²) in [5.41, 5.74) is 0. The number of unbranched alkanes of at least 4 members (excludes halogenated alkanes) is 14. The van der Waals surface area contributed by atoms with Gasteiger partial charge in [0.05, 0.1) is 74.5 Å². The highest BCUT2D eigenvalue weighted by Crippen LogP contribution is 2.45. The quantitative estimate of drug-likeness (QED) is 0.0391. The maximum absolute atomic E-state index is 12.9. The topological polar surface area (TPSA) is 130 Å². The number of esters is 4. The summed E-state index contributed by atoms with van der Waals surface area (Å²) in [6, 6.07) is 0. The second-order valence-electron chi connectivity index (χ2n) is 14.8. The Morgan fingerprint density at radius 2 is 0.612 bits per heavy atom. The monoisotopic (exact) mass is 692 g/mol. The Hall–Kier alpha value is -2.20. The van der Waals surface area contributed by atoms with Crippen LogP contribution in [-0.2, 0) is 47.6 Å². The van der Waals surface area contributed by atoms with Crippen LogP contribution in [0.15, 0.2) is 0 Å². The van der Waals surface area contributed by atoms with Gasteiger partial charge in [0.25, 0.3) is 0 Å². The molecular weight excluding hydrogens is 628 g/mol. The lowest BCUT2D eigenvalue weighted by atomic mass is 9.79. The number of rotatable bonds is 26. The van der Waals surface area contributed by atoms with Crippen LogP contribution in [0.25, 0.3) is 0 Å². The highest BCUT2D eigenvalue weighted by molar-refractivity contribution is 5.83. The molecule has 0 aromatic rings. The van der Waals surface area contributed by atoms with Gasteiger partial charge in [0.1, 0.15) is 0 Å². The molecule has 280 valence electrons. The Bertz CT molecular complexity index is 938. The molecule has 2 saturated carbocycles. The van der Waals surface area contributed by atoms with Crippen molar-refractivity contribution in [3.63, 3.8) is 0 Å². The van der Waals surface area contributed by atoms with Gasteiger partial charge in [-0.1, -0.05) is 97.3 Å². The maximum Gasteiger partial charge on any atom is 0.309 e. The summed E-state index contributed by atoms with van der Waals surface area (Å²) in [5.74, 6) is -3.21. The summed E-state index contributed by atoms with van der Waals surface area (Å²) in [6.45, 7) is 5.83. The van der Waals surface area contributed by atoms with Gasteiger partial charge in [-0.2, -0.15) is 0 Å². The van der Waals surface area contributed by atoms with E-state index in [0.717, 1.165) is 70.6 Å². The van der Waals surface area contributed by atoms with Crippen LogP contribution in [0.5, 0.6) is 0 Å². The predicted octanol–water partition coefficient (Wildman–Crippen LogP) is 7.42. The van der Waals surface area contributed by atoms with E-state index in [0.29, 0.717) is 52.1 Å². The molecule has 0 radical (unpaired) electrons. The normalized spacial score (nSPS) is 28.1. The summed E-state index contributed by atoms with van der Waals surface area (Å²) in [7, 11) is 0. The lowest BCUT2D eigenvalue weighted by molar-refractivity contribution is -0.162. The molecule has 8 atom stereocenters. The molecule has 49 heavy (non-hydrogen) atoms. The average molecular weight is 693 g/mol. The van der Waals surface area contributed by atoms with E-state index in [1.807, 2.05) is 0 Å². The zero-order valence-corrected chi connectivity index (χ0v) is 30.4. The summed E-state index contributed by atoms with van der Waals surface area (Å²) in [4.78, 5) is 51.6. The van der Waals surface area contributed by atoms with Crippen LogP contribution in [0.4, 0.5) is 0 Å². The minimum atomic E-state index is -0.501. The van der Waals surface area contributed by atoms with E-state index in [2.05, 4.69) is 13.8 Å². The van der Waals surface area contributed by atoms with E-state index in [4.69, 9.17) is 28.4 Å². The molecule has 0 aromatic heterocycles. The first-order valence-electron chi connectivity index (χ1n) is 19.9. The van der Waals surface area contributed by atoms with E-state index in [-0.39, 0.29) is 48.3 Å². The Morgan fingerprint density at radius 3 is 0.857 bits per heavy atom. The van der Waals surface area contributed by atoms with Crippen LogP contribution < -0.4 is 0 Å². The second kappa shape index (κ2) is 21.9. The van der Waals surface area contributed by atoms with E-state index in [1.54, 1.807) is 0 Å². The van der Waals surface area contributed by atoms with Crippen LogP contribution >= 0.6 is 0 Å². The van der Waals surface area contributed by atoms with E-state index in [9.17, 15) is 19.2 Å². The summed E-state index contributed by atoms with van der Waals surface area (Å²) < 4.78 is 33.6. The second-order valence-corrected chi connectivity index (χ2v) is 14.8. The molecule has 10 nitrogen and oxygen atoms in total. The molecule has 0 amide bonds. The fourth-order valence-electron chi connectivity index (χ4n) is 7.51. The Balaban J connectivity index is 1.03. The average Bonchev–Trinajstić information content (AvgIpc) is 4.04. The molecule has 10 heteroatoms. The minimum Gasteiger partial charge on any atom is -0.465 e. The molecule has 0 spiro atoms. The van der Waals surface area contributed by atoms with Gasteiger partial charge in [-0.05, 0) is 51.4 Å². The number of epoxide rings is 2. The zero-order chi connectivity index (χ0) is 34.8. The van der Waals surface area contributed by atoms with Crippen molar-refractivity contribution in [2.45, 2.75) is 173 Å². The van der Waals surface area contributed by atoms with Gasteiger partial charge in [0.2, 0.25) is 0 Å². The molecule has 0 N–H and O–H groups in total. The van der Waals surface area contributed by atoms with Crippen molar-refractivity contribution in [2.24, 2.45) is 23.7 Å². The standard InChI is InChI=1S/C39H64O10/c1-3-5-7-9-12-16-20-44-36(40)28-24-32-34(48-32)26-30(28)38(42)46-22-18-14-11-15-19-23-47-39(43)31-27-35-33(49-35)25-29(31)37(41)45-21-17-13-10-8-6-4-2/h28-35H,3-27H2,1-2H3. The molecule has 4 fully saturated rings. The molecule has 2 heterocycles. The number of ether oxygens (including phenoxy) is 6. The molecule has 2 saturated heterocycles. The molecule has 0 bridgehead atoms. The van der Waals surface area contributed by atoms with E-state index in [1.165, 1.54) is 38.5 Å². The maximum atomic E-state index is 12.9. The Morgan fingerprint density at radius 1 is 0.388 bits per heavy atom. The van der Waals surface area contributed by atoms with Gasteiger partial charge in [-0.15, -0.1) is 0 Å². The molecule has 4 rings (SSSR count). The van der Waals surface area contributed by atoms with Crippen LogP contribution in [-0.4, -0.2) is 74.7 Å². The number of hydrogen-bond acceptors (Lipinski definition) is 10. The smallest absolute Gasteiger partial charge is 0.309 e. The van der Waals surface area contributed by atoms with Gasteiger partial charge in [0, 0.05) is 0 Å². The van der Waals surface area contributed by atoms with Crippen molar-refractivity contribution < 1.29 is 47.6 Å². The van der Waals surface area contributed by atoms with Gasteiger partial charge in [-0.3, -0.25) is 19.2 Å². The number of fused-ring (bicyclic) bond motifs is 2. The molecule has 0 aromatic carbocycles. The largest absolute Gasteiger partial charge is 0.465 e. The van der Waals surface area contributed by atoms with Crippen molar-refractivity contribution in [1.82, 2.24) is 0 Å². The van der Waals surface area contributed by atoms with E-state index >= 15 is 0 Å². The van der Waals surface area contributed by atoms with Crippen LogP contribution in [0.2, 0.25) is 0 Å². The molecule has 4 aliphatic rings. The summed E-state index contributed by atoms with van der Waals surface area (Å²) in [5, 5.41) is 0. The SMILES string of the molecule is CCCCCCCCOC(=O)C1CC2OC2CC1C(=O)OCCCCCCCOC(=O)C1CC2OC2CC1C(=O)OCCCCCCCC. The van der Waals surface area contributed by atoms with Gasteiger partial charge in [0.15, 0.2) is 0 Å². The molecule has 8 unspecified atom stereocenters. The van der Waals surface area contributed by atoms with Crippen molar-refractivity contribution >= 4 is 23.9 Å². The van der Waals surface area contributed by atoms with Gasteiger partial charge >= 0.3 is 23.9 Å². The number of carbonyl (C=O) groups excluding carboxylic acids is 4. The Kier molecular flexibility index (Phi) is 17.7. The molecule has 2 aliphatic heterocycles. The van der Waals surface area contributed by atoms with Crippen LogP contribution in [0, 0.1) is 23.7 Å². The van der Waals surface area contributed by atoms with Gasteiger partial charge in [-0.25, -0.2) is 0 Å². The number of hydrogen-bond donors (Lipinski definition) is 0. The first-order valence-corrected chi connectivity index (χ1v) is 19.9. The van der Waals surface area contributed by atoms with Gasteiger partial charge < -0.3 is 28.4 Å². The predicted molar refractivity (Wildman–Crippen MR) is 183 cm³/mol. The van der Waals surface area contributed by atoms with E-state index < -0.39 is 23.7 Å². The lowest BCUT2D eigenvalue weighted by Gasteiger charge is -2.26. The van der Waals surface area contributed by atoms with Crippen molar-refractivity contribution in [3.8, 4) is 0 Å². The first kappa shape index (κ1) is 39.6. The molecular formula is C39H64O10. The number of carbonyl (C=O) groups is 4. The van der Waals surface area contributed by atoms with Crippen LogP contribution in [0.1, 0.15) is 149 Å². The third kappa shape index (κ3) is 13.8. The van der Waals surface area contributed by atoms with Crippen molar-refractivity contribution in [2.75, 3.05) is 26.4 Å². The van der Waals surface area contributed by atoms with Crippen molar-refractivity contribution in [3.05, 3.63) is 0 Å². The fraction of sp³-hybridized carbons (Fsp3) is 0.897. The minimum absolute atomic E-state index is 0.0564. The highest BCUT2D eigenvalue weighted by Gasteiger charge is 2.54. The molecule has 2 aliphatic carbocycles. The lowest BCUT2D eigenvalue weighted by Crippen LogP contribution is -2.38. The highest BCUT2D eigenvalue weighted by atomic mass is 16.6. The zero-order valence-electron chi connectivity index (χ0n) is 30.4. The van der Waals surface area contributed by atoms with Crippen molar-refractivity contribution in [1.29, 1.82) is 0 Å². The van der Waals surface area contributed by atoms with Crippen LogP contribution in [0.3, 0.4) is 0 Å². The third-order valence-electron chi connectivity index (χ3n) is 10.8. The third-order valence-corrected chi connectivity index (χ3v) is 10.8. The Labute approximate surface area is 294 Å². The fourth-order valence-corrected chi connectivity index (χ4v) is 7.51.